The molecule has 0 unspecified atom stereocenters. The van der Waals surface area contributed by atoms with Crippen molar-refractivity contribution in [1.82, 2.24) is 0 Å². The van der Waals surface area contributed by atoms with E-state index in [1.807, 2.05) is 0 Å². The summed E-state index contributed by atoms with van der Waals surface area (Å²) in [7, 11) is 1.09. The van der Waals surface area contributed by atoms with Crippen molar-refractivity contribution in [2.75, 3.05) is 7.11 Å². The van der Waals surface area contributed by atoms with Crippen LogP contribution in [0.25, 0.3) is 0 Å². The first-order valence-electron chi connectivity index (χ1n) is 4.77. The molecule has 0 fully saturated rings. The van der Waals surface area contributed by atoms with Gasteiger partial charge in [-0.1, -0.05) is 12.1 Å². The van der Waals surface area contributed by atoms with Gasteiger partial charge in [0.25, 0.3) is 0 Å². The highest BCUT2D eigenvalue weighted by Gasteiger charge is 2.32. The van der Waals surface area contributed by atoms with Crippen LogP contribution in [0.2, 0.25) is 0 Å². The highest BCUT2D eigenvalue weighted by molar-refractivity contribution is 5.83. The number of rotatable bonds is 4. The third-order valence-electron chi connectivity index (χ3n) is 2.07. The number of hydrogen-bond acceptors (Lipinski definition) is 4. The van der Waals surface area contributed by atoms with Gasteiger partial charge in [-0.2, -0.15) is 0 Å². The Morgan fingerprint density at radius 2 is 2.06 bits per heavy atom. The third kappa shape index (κ3) is 3.76. The van der Waals surface area contributed by atoms with Crippen LogP contribution in [0.15, 0.2) is 18.2 Å². The van der Waals surface area contributed by atoms with E-state index in [9.17, 15) is 22.8 Å². The number of alkyl halides is 3. The highest BCUT2D eigenvalue weighted by atomic mass is 19.4. The van der Waals surface area contributed by atoms with Crippen LogP contribution in [0.5, 0.6) is 5.75 Å². The summed E-state index contributed by atoms with van der Waals surface area (Å²) in [6.45, 7) is 0. The minimum Gasteiger partial charge on any atom is -0.469 e. The van der Waals surface area contributed by atoms with E-state index in [0.717, 1.165) is 13.2 Å². The van der Waals surface area contributed by atoms with Crippen molar-refractivity contribution in [3.63, 3.8) is 0 Å². The molecule has 0 aliphatic rings. The Morgan fingerprint density at radius 1 is 1.39 bits per heavy atom. The summed E-state index contributed by atoms with van der Waals surface area (Å²) >= 11 is 0. The van der Waals surface area contributed by atoms with E-state index in [0.29, 0.717) is 6.29 Å². The molecule has 0 atom stereocenters. The lowest BCUT2D eigenvalue weighted by Crippen LogP contribution is -2.19. The Kier molecular flexibility index (Phi) is 4.30. The fourth-order valence-electron chi connectivity index (χ4n) is 1.32. The van der Waals surface area contributed by atoms with E-state index in [1.54, 1.807) is 0 Å². The van der Waals surface area contributed by atoms with Crippen LogP contribution in [0.1, 0.15) is 15.9 Å². The highest BCUT2D eigenvalue weighted by Crippen LogP contribution is 2.28. The molecule has 18 heavy (non-hydrogen) atoms. The normalized spacial score (nSPS) is 10.9. The largest absolute Gasteiger partial charge is 0.573 e. The van der Waals surface area contributed by atoms with Gasteiger partial charge in [0.2, 0.25) is 0 Å². The van der Waals surface area contributed by atoms with E-state index in [-0.39, 0.29) is 11.1 Å². The molecule has 0 spiro atoms. The minimum atomic E-state index is -4.90. The van der Waals surface area contributed by atoms with Gasteiger partial charge in [-0.3, -0.25) is 9.59 Å². The lowest BCUT2D eigenvalue weighted by molar-refractivity contribution is -0.274. The SMILES string of the molecule is COC(=O)Cc1c(C=O)cccc1OC(F)(F)F. The van der Waals surface area contributed by atoms with Crippen LogP contribution in [-0.2, 0) is 16.0 Å². The van der Waals surface area contributed by atoms with Crippen molar-refractivity contribution < 1.29 is 32.2 Å². The molecule has 98 valence electrons. The topological polar surface area (TPSA) is 52.6 Å². The molecule has 0 amide bonds. The summed E-state index contributed by atoms with van der Waals surface area (Å²) in [6, 6.07) is 3.54. The van der Waals surface area contributed by atoms with Gasteiger partial charge in [-0.25, -0.2) is 0 Å². The van der Waals surface area contributed by atoms with Gasteiger partial charge in [0, 0.05) is 11.1 Å². The van der Waals surface area contributed by atoms with Crippen molar-refractivity contribution in [1.29, 1.82) is 0 Å². The van der Waals surface area contributed by atoms with E-state index < -0.39 is 24.5 Å². The van der Waals surface area contributed by atoms with E-state index >= 15 is 0 Å². The van der Waals surface area contributed by atoms with Gasteiger partial charge in [-0.15, -0.1) is 13.2 Å². The summed E-state index contributed by atoms with van der Waals surface area (Å²) in [4.78, 5) is 21.8. The first kappa shape index (κ1) is 14.0. The van der Waals surface area contributed by atoms with Crippen molar-refractivity contribution in [2.24, 2.45) is 0 Å². The first-order chi connectivity index (χ1) is 8.37. The fraction of sp³-hybridized carbons (Fsp3) is 0.273. The lowest BCUT2D eigenvalue weighted by atomic mass is 10.0. The quantitative estimate of drug-likeness (QED) is 0.616. The van der Waals surface area contributed by atoms with Crippen LogP contribution in [0.4, 0.5) is 13.2 Å². The summed E-state index contributed by atoms with van der Waals surface area (Å²) < 4.78 is 44.5. The molecule has 7 heteroatoms. The standard InChI is InChI=1S/C11H9F3O4/c1-17-10(16)5-8-7(6-15)3-2-4-9(8)18-11(12,13)14/h2-4,6H,5H2,1H3. The Balaban J connectivity index is 3.16. The van der Waals surface area contributed by atoms with Crippen LogP contribution in [0, 0.1) is 0 Å². The average molecular weight is 262 g/mol. The van der Waals surface area contributed by atoms with Gasteiger partial charge in [0.15, 0.2) is 0 Å². The zero-order valence-electron chi connectivity index (χ0n) is 9.28. The van der Waals surface area contributed by atoms with Gasteiger partial charge >= 0.3 is 12.3 Å². The summed E-state index contributed by atoms with van der Waals surface area (Å²) in [5.74, 6) is -1.35. The molecule has 1 rings (SSSR count). The fourth-order valence-corrected chi connectivity index (χ4v) is 1.32. The average Bonchev–Trinajstić information content (AvgIpc) is 2.29. The molecule has 0 aromatic heterocycles. The van der Waals surface area contributed by atoms with Crippen molar-refractivity contribution in [3.05, 3.63) is 29.3 Å². The number of methoxy groups -OCH3 is 1. The number of hydrogen-bond donors (Lipinski definition) is 0. The maximum atomic E-state index is 12.1. The van der Waals surface area contributed by atoms with Crippen LogP contribution in [0.3, 0.4) is 0 Å². The minimum absolute atomic E-state index is 0.0536. The molecule has 1 aromatic rings. The predicted octanol–water partition coefficient (Wildman–Crippen LogP) is 2.11. The molecule has 4 nitrogen and oxygen atoms in total. The van der Waals surface area contributed by atoms with Gasteiger partial charge in [-0.05, 0) is 6.07 Å². The maximum Gasteiger partial charge on any atom is 0.573 e. The number of carbonyl (C=O) groups is 2. The van der Waals surface area contributed by atoms with Crippen LogP contribution < -0.4 is 4.74 Å². The Labute approximate surface area is 100 Å². The Hall–Kier alpha value is -2.05. The molecular weight excluding hydrogens is 253 g/mol. The predicted molar refractivity (Wildman–Crippen MR) is 54.2 cm³/mol. The number of benzene rings is 1. The zero-order chi connectivity index (χ0) is 13.8. The van der Waals surface area contributed by atoms with E-state index in [4.69, 9.17) is 0 Å². The molecule has 0 saturated carbocycles. The van der Waals surface area contributed by atoms with Crippen LogP contribution in [-0.4, -0.2) is 25.7 Å². The van der Waals surface area contributed by atoms with Crippen molar-refractivity contribution in [2.45, 2.75) is 12.8 Å². The molecule has 1 aromatic carbocycles. The zero-order valence-corrected chi connectivity index (χ0v) is 9.28. The second kappa shape index (κ2) is 5.52. The molecular formula is C11H9F3O4. The second-order valence-corrected chi connectivity index (χ2v) is 3.24. The van der Waals surface area contributed by atoms with Crippen molar-refractivity contribution in [3.8, 4) is 5.75 Å². The number of esters is 1. The monoisotopic (exact) mass is 262 g/mol. The number of aldehydes is 1. The first-order valence-corrected chi connectivity index (χ1v) is 4.77. The summed E-state index contributed by atoms with van der Waals surface area (Å²) in [5.41, 5.74) is -0.209. The van der Waals surface area contributed by atoms with Crippen molar-refractivity contribution >= 4 is 12.3 Å². The molecule has 0 aliphatic heterocycles. The number of carbonyl (C=O) groups excluding carboxylic acids is 2. The Bertz CT molecular complexity index is 454. The maximum absolute atomic E-state index is 12.1. The molecule has 0 radical (unpaired) electrons. The van der Waals surface area contributed by atoms with E-state index in [1.165, 1.54) is 12.1 Å². The summed E-state index contributed by atoms with van der Waals surface area (Å²) in [5, 5.41) is 0. The number of halogens is 3. The van der Waals surface area contributed by atoms with Gasteiger partial charge in [0.05, 0.1) is 13.5 Å². The molecule has 0 N–H and O–H groups in total. The molecule has 0 bridgehead atoms. The molecule has 0 heterocycles. The smallest absolute Gasteiger partial charge is 0.469 e. The van der Waals surface area contributed by atoms with Crippen LogP contribution >= 0.6 is 0 Å². The number of ether oxygens (including phenoxy) is 2. The van der Waals surface area contributed by atoms with Gasteiger partial charge in [0.1, 0.15) is 12.0 Å². The van der Waals surface area contributed by atoms with E-state index in [2.05, 4.69) is 9.47 Å². The molecule has 0 aliphatic carbocycles. The molecule has 0 saturated heterocycles. The lowest BCUT2D eigenvalue weighted by Gasteiger charge is -2.14. The third-order valence-corrected chi connectivity index (χ3v) is 2.07. The summed E-state index contributed by atoms with van der Waals surface area (Å²) in [6.07, 6.45) is -5.02. The van der Waals surface area contributed by atoms with Gasteiger partial charge < -0.3 is 9.47 Å². The second-order valence-electron chi connectivity index (χ2n) is 3.24. The Morgan fingerprint density at radius 3 is 2.56 bits per heavy atom.